The van der Waals surface area contributed by atoms with Crippen molar-refractivity contribution < 1.29 is 14.3 Å². The molecule has 28 heavy (non-hydrogen) atoms. The van der Waals surface area contributed by atoms with Crippen LogP contribution in [0, 0.1) is 0 Å². The van der Waals surface area contributed by atoms with E-state index in [1.54, 1.807) is 25.3 Å². The summed E-state index contributed by atoms with van der Waals surface area (Å²) in [6.45, 7) is 1.63. The van der Waals surface area contributed by atoms with Gasteiger partial charge in [0.05, 0.1) is 7.11 Å². The summed E-state index contributed by atoms with van der Waals surface area (Å²) in [7, 11) is 1.56. The van der Waals surface area contributed by atoms with E-state index in [4.69, 9.17) is 9.47 Å². The highest BCUT2D eigenvalue weighted by molar-refractivity contribution is 7.07. The molecule has 1 amide bonds. The summed E-state index contributed by atoms with van der Waals surface area (Å²) in [5.41, 5.74) is 1.75. The van der Waals surface area contributed by atoms with Crippen molar-refractivity contribution in [3.63, 3.8) is 0 Å². The van der Waals surface area contributed by atoms with Gasteiger partial charge in [-0.2, -0.15) is 9.36 Å². The molecular formula is C21H21N3O3S. The summed E-state index contributed by atoms with van der Waals surface area (Å²) in [6, 6.07) is 15.3. The third-order valence-electron chi connectivity index (χ3n) is 4.66. The Morgan fingerprint density at radius 2 is 1.89 bits per heavy atom. The van der Waals surface area contributed by atoms with Gasteiger partial charge in [0.25, 0.3) is 11.1 Å². The second-order valence-corrected chi connectivity index (χ2v) is 7.32. The van der Waals surface area contributed by atoms with Crippen LogP contribution >= 0.6 is 11.5 Å². The van der Waals surface area contributed by atoms with E-state index in [-0.39, 0.29) is 5.91 Å². The van der Waals surface area contributed by atoms with E-state index in [1.807, 2.05) is 35.2 Å². The zero-order valence-electron chi connectivity index (χ0n) is 15.6. The molecule has 1 fully saturated rings. The van der Waals surface area contributed by atoms with Crippen molar-refractivity contribution in [1.82, 2.24) is 14.3 Å². The minimum absolute atomic E-state index is 0.0309. The molecule has 1 aliphatic rings. The Labute approximate surface area is 167 Å². The maximum Gasteiger partial charge on any atom is 0.298 e. The Morgan fingerprint density at radius 1 is 1.11 bits per heavy atom. The maximum absolute atomic E-state index is 12.6. The summed E-state index contributed by atoms with van der Waals surface area (Å²) in [4.78, 5) is 18.9. The van der Waals surface area contributed by atoms with Gasteiger partial charge in [-0.3, -0.25) is 4.79 Å². The minimum atomic E-state index is 0.0309. The smallest absolute Gasteiger partial charge is 0.298 e. The number of carbonyl (C=O) groups excluding carboxylic acids is 1. The van der Waals surface area contributed by atoms with E-state index in [1.165, 1.54) is 11.5 Å². The lowest BCUT2D eigenvalue weighted by Crippen LogP contribution is -2.27. The van der Waals surface area contributed by atoms with Gasteiger partial charge < -0.3 is 14.4 Å². The molecule has 0 aliphatic carbocycles. The fraction of sp³-hybridized carbons (Fsp3) is 0.286. The normalized spacial score (nSPS) is 13.5. The van der Waals surface area contributed by atoms with E-state index in [0.29, 0.717) is 34.5 Å². The zero-order valence-corrected chi connectivity index (χ0v) is 16.4. The van der Waals surface area contributed by atoms with E-state index in [0.717, 1.165) is 31.5 Å². The molecule has 0 saturated carbocycles. The second kappa shape index (κ2) is 8.39. The van der Waals surface area contributed by atoms with Crippen LogP contribution in [0.15, 0.2) is 48.5 Å². The number of carbonyl (C=O) groups is 1. The molecule has 0 atom stereocenters. The summed E-state index contributed by atoms with van der Waals surface area (Å²) < 4.78 is 15.7. The first-order valence-corrected chi connectivity index (χ1v) is 10.0. The van der Waals surface area contributed by atoms with Crippen molar-refractivity contribution in [2.75, 3.05) is 20.2 Å². The van der Waals surface area contributed by atoms with Gasteiger partial charge in [-0.1, -0.05) is 30.3 Å². The summed E-state index contributed by atoms with van der Waals surface area (Å²) in [6.07, 6.45) is 2.78. The van der Waals surface area contributed by atoms with Crippen molar-refractivity contribution in [1.29, 1.82) is 0 Å². The molecule has 4 rings (SSSR count). The quantitative estimate of drug-likeness (QED) is 0.627. The maximum atomic E-state index is 12.6. The van der Waals surface area contributed by atoms with Gasteiger partial charge >= 0.3 is 0 Å². The number of benzene rings is 2. The van der Waals surface area contributed by atoms with Crippen LogP contribution in [0.1, 0.15) is 34.6 Å². The highest BCUT2D eigenvalue weighted by Gasteiger charge is 2.21. The zero-order chi connectivity index (χ0) is 19.3. The number of methoxy groups -OCH3 is 1. The molecule has 0 bridgehead atoms. The van der Waals surface area contributed by atoms with Gasteiger partial charge in [-0.15, -0.1) is 0 Å². The second-order valence-electron chi connectivity index (χ2n) is 6.61. The van der Waals surface area contributed by atoms with Gasteiger partial charge in [0.15, 0.2) is 17.3 Å². The predicted octanol–water partition coefficient (Wildman–Crippen LogP) is 4.17. The van der Waals surface area contributed by atoms with Crippen LogP contribution in [0.3, 0.4) is 0 Å². The Kier molecular flexibility index (Phi) is 5.53. The first-order valence-electron chi connectivity index (χ1n) is 9.24. The van der Waals surface area contributed by atoms with Crippen LogP contribution in [0.2, 0.25) is 0 Å². The Bertz CT molecular complexity index is 953. The fourth-order valence-electron chi connectivity index (χ4n) is 3.21. The van der Waals surface area contributed by atoms with Gasteiger partial charge in [0.1, 0.15) is 0 Å². The summed E-state index contributed by atoms with van der Waals surface area (Å²) in [5.74, 6) is 1.77. The Morgan fingerprint density at radius 3 is 2.64 bits per heavy atom. The van der Waals surface area contributed by atoms with E-state index in [9.17, 15) is 4.79 Å². The summed E-state index contributed by atoms with van der Waals surface area (Å²) >= 11 is 1.20. The van der Waals surface area contributed by atoms with Crippen LogP contribution in [-0.2, 0) is 6.42 Å². The topological polar surface area (TPSA) is 64.5 Å². The van der Waals surface area contributed by atoms with Gasteiger partial charge in [-0.25, -0.2) is 0 Å². The molecule has 0 N–H and O–H groups in total. The number of aromatic nitrogens is 2. The Hall–Kier alpha value is -2.93. The highest BCUT2D eigenvalue weighted by atomic mass is 32.1. The number of hydrogen-bond acceptors (Lipinski definition) is 6. The molecule has 1 aliphatic heterocycles. The average molecular weight is 395 g/mol. The average Bonchev–Trinajstić information content (AvgIpc) is 3.41. The molecule has 0 radical (unpaired) electrons. The molecule has 1 saturated heterocycles. The van der Waals surface area contributed by atoms with E-state index in [2.05, 4.69) is 9.36 Å². The van der Waals surface area contributed by atoms with E-state index >= 15 is 0 Å². The fourth-order valence-corrected chi connectivity index (χ4v) is 3.77. The molecule has 1 aromatic heterocycles. The van der Waals surface area contributed by atoms with Crippen molar-refractivity contribution in [2.24, 2.45) is 0 Å². The molecule has 7 heteroatoms. The van der Waals surface area contributed by atoms with Gasteiger partial charge in [0.2, 0.25) is 0 Å². The summed E-state index contributed by atoms with van der Waals surface area (Å²) in [5, 5.41) is 0.447. The van der Waals surface area contributed by atoms with Crippen LogP contribution < -0.4 is 9.47 Å². The largest absolute Gasteiger partial charge is 0.493 e. The first kappa shape index (κ1) is 18.4. The highest BCUT2D eigenvalue weighted by Crippen LogP contribution is 2.33. The standard InChI is InChI=1S/C21H21N3O3S/c1-26-18-14-16(20(25)24-11-5-6-12-24)9-10-17(18)27-21-22-19(23-28-21)13-15-7-3-2-4-8-15/h2-4,7-10,14H,5-6,11-13H2,1H3. The number of likely N-dealkylation sites (tertiary alicyclic amines) is 1. The molecule has 144 valence electrons. The third kappa shape index (κ3) is 4.14. The van der Waals surface area contributed by atoms with Gasteiger partial charge in [-0.05, 0) is 36.6 Å². The first-order chi connectivity index (χ1) is 13.7. The SMILES string of the molecule is COc1cc(C(=O)N2CCCC2)ccc1Oc1nc(Cc2ccccc2)ns1. The monoisotopic (exact) mass is 395 g/mol. The lowest BCUT2D eigenvalue weighted by Gasteiger charge is -2.16. The van der Waals surface area contributed by atoms with Crippen molar-refractivity contribution in [2.45, 2.75) is 19.3 Å². The number of ether oxygens (including phenoxy) is 2. The molecular weight excluding hydrogens is 374 g/mol. The molecule has 3 aromatic rings. The van der Waals surface area contributed by atoms with Crippen LogP contribution in [-0.4, -0.2) is 40.4 Å². The molecule has 0 spiro atoms. The number of rotatable bonds is 6. The van der Waals surface area contributed by atoms with Crippen molar-refractivity contribution in [3.8, 4) is 16.7 Å². The lowest BCUT2D eigenvalue weighted by atomic mass is 10.1. The number of amides is 1. The molecule has 2 aromatic carbocycles. The molecule has 2 heterocycles. The predicted molar refractivity (Wildman–Crippen MR) is 107 cm³/mol. The van der Waals surface area contributed by atoms with Gasteiger partial charge in [0, 0.05) is 36.6 Å². The van der Waals surface area contributed by atoms with Crippen molar-refractivity contribution in [3.05, 3.63) is 65.5 Å². The van der Waals surface area contributed by atoms with Crippen LogP contribution in [0.25, 0.3) is 0 Å². The van der Waals surface area contributed by atoms with Crippen molar-refractivity contribution >= 4 is 17.4 Å². The third-order valence-corrected chi connectivity index (χ3v) is 5.29. The molecule has 0 unspecified atom stereocenters. The van der Waals surface area contributed by atoms with Crippen LogP contribution in [0.5, 0.6) is 16.7 Å². The number of nitrogens with zero attached hydrogens (tertiary/aromatic N) is 3. The molecule has 6 nitrogen and oxygen atoms in total. The number of hydrogen-bond donors (Lipinski definition) is 0. The lowest BCUT2D eigenvalue weighted by molar-refractivity contribution is 0.0792. The van der Waals surface area contributed by atoms with Crippen LogP contribution in [0.4, 0.5) is 0 Å². The minimum Gasteiger partial charge on any atom is -0.493 e. The Balaban J connectivity index is 1.48. The van der Waals surface area contributed by atoms with E-state index < -0.39 is 0 Å².